The summed E-state index contributed by atoms with van der Waals surface area (Å²) in [6, 6.07) is 17.8. The molecule has 4 rings (SSSR count). The van der Waals surface area contributed by atoms with Crippen molar-refractivity contribution in [3.63, 3.8) is 0 Å². The third-order valence-electron chi connectivity index (χ3n) is 5.32. The zero-order valence-corrected chi connectivity index (χ0v) is 17.7. The maximum Gasteiger partial charge on any atom is 0.416 e. The predicted octanol–water partition coefficient (Wildman–Crippen LogP) is 6.40. The van der Waals surface area contributed by atoms with E-state index in [0.717, 1.165) is 22.5 Å². The maximum atomic E-state index is 13.3. The second kappa shape index (κ2) is 9.09. The maximum absolute atomic E-state index is 13.3. The van der Waals surface area contributed by atoms with E-state index in [1.807, 2.05) is 24.4 Å². The number of rotatable bonds is 6. The lowest BCUT2D eigenvalue weighted by atomic mass is 9.98. The Bertz CT molecular complexity index is 1260. The average molecular weight is 457 g/mol. The van der Waals surface area contributed by atoms with E-state index in [2.05, 4.69) is 10.3 Å². The van der Waals surface area contributed by atoms with Crippen LogP contribution in [0.3, 0.4) is 0 Å². The van der Waals surface area contributed by atoms with Gasteiger partial charge in [0, 0.05) is 34.2 Å². The number of nitrogens with one attached hydrogen (secondary N) is 2. The van der Waals surface area contributed by atoms with Gasteiger partial charge in [0.15, 0.2) is 0 Å². The molecule has 7 heteroatoms. The molecule has 1 aromatic heterocycles. The predicted molar refractivity (Wildman–Crippen MR) is 120 cm³/mol. The van der Waals surface area contributed by atoms with Crippen LogP contribution in [0.2, 0.25) is 5.02 Å². The molecule has 2 N–H and O–H groups in total. The van der Waals surface area contributed by atoms with Crippen LogP contribution in [-0.2, 0) is 19.0 Å². The van der Waals surface area contributed by atoms with Gasteiger partial charge in [0.25, 0.3) is 5.91 Å². The number of alkyl halides is 3. The van der Waals surface area contributed by atoms with E-state index in [4.69, 9.17) is 11.6 Å². The van der Waals surface area contributed by atoms with Crippen molar-refractivity contribution in [3.05, 3.63) is 106 Å². The molecular weight excluding hydrogens is 437 g/mol. The van der Waals surface area contributed by atoms with Gasteiger partial charge in [-0.2, -0.15) is 13.2 Å². The highest BCUT2D eigenvalue weighted by atomic mass is 35.5. The molecule has 3 aromatic carbocycles. The van der Waals surface area contributed by atoms with Crippen molar-refractivity contribution in [2.45, 2.75) is 19.0 Å². The van der Waals surface area contributed by atoms with Crippen molar-refractivity contribution in [2.24, 2.45) is 0 Å². The molecular formula is C25H20ClF3N2O. The first kappa shape index (κ1) is 22.0. The summed E-state index contributed by atoms with van der Waals surface area (Å²) < 4.78 is 39.8. The van der Waals surface area contributed by atoms with Crippen LogP contribution in [0, 0.1) is 0 Å². The Hall–Kier alpha value is -3.25. The van der Waals surface area contributed by atoms with Crippen LogP contribution in [0.5, 0.6) is 0 Å². The van der Waals surface area contributed by atoms with Crippen molar-refractivity contribution in [1.29, 1.82) is 0 Å². The summed E-state index contributed by atoms with van der Waals surface area (Å²) in [5.41, 5.74) is 2.58. The van der Waals surface area contributed by atoms with E-state index in [9.17, 15) is 18.0 Å². The first-order chi connectivity index (χ1) is 15.3. The van der Waals surface area contributed by atoms with Gasteiger partial charge in [-0.25, -0.2) is 0 Å². The normalized spacial score (nSPS) is 11.6. The zero-order chi connectivity index (χ0) is 22.7. The second-order valence-electron chi connectivity index (χ2n) is 7.54. The lowest BCUT2D eigenvalue weighted by Crippen LogP contribution is -2.25. The Kier molecular flexibility index (Phi) is 6.24. The van der Waals surface area contributed by atoms with Crippen LogP contribution in [0.4, 0.5) is 13.2 Å². The van der Waals surface area contributed by atoms with E-state index in [1.54, 1.807) is 30.3 Å². The van der Waals surface area contributed by atoms with E-state index < -0.39 is 11.7 Å². The minimum atomic E-state index is -4.42. The van der Waals surface area contributed by atoms with Crippen molar-refractivity contribution >= 4 is 28.4 Å². The highest BCUT2D eigenvalue weighted by molar-refractivity contribution is 6.31. The standard InChI is InChI=1S/C25H20ClF3N2O/c26-20-8-9-23-21(14-20)19(15-31-23)10-11-30-24(32)18-6-3-4-16(13-18)12-17-5-1-2-7-22(17)25(27,28)29/h1-9,13-15,31H,10-12H2,(H,30,32). The smallest absolute Gasteiger partial charge is 0.361 e. The largest absolute Gasteiger partial charge is 0.416 e. The van der Waals surface area contributed by atoms with Gasteiger partial charge < -0.3 is 10.3 Å². The van der Waals surface area contributed by atoms with E-state index in [0.29, 0.717) is 29.1 Å². The zero-order valence-electron chi connectivity index (χ0n) is 17.0. The molecule has 32 heavy (non-hydrogen) atoms. The van der Waals surface area contributed by atoms with Crippen LogP contribution in [0.1, 0.15) is 32.6 Å². The summed E-state index contributed by atoms with van der Waals surface area (Å²) in [7, 11) is 0. The number of carbonyl (C=O) groups is 1. The SMILES string of the molecule is O=C(NCCc1c[nH]c2ccc(Cl)cc12)c1cccc(Cc2ccccc2C(F)(F)F)c1. The highest BCUT2D eigenvalue weighted by Gasteiger charge is 2.32. The van der Waals surface area contributed by atoms with Crippen LogP contribution < -0.4 is 5.32 Å². The minimum Gasteiger partial charge on any atom is -0.361 e. The number of benzene rings is 3. The number of halogens is 4. The summed E-state index contributed by atoms with van der Waals surface area (Å²) in [6.45, 7) is 0.416. The molecule has 3 nitrogen and oxygen atoms in total. The number of fused-ring (bicyclic) bond motifs is 1. The first-order valence-corrected chi connectivity index (χ1v) is 10.5. The number of aromatic amines is 1. The third kappa shape index (κ3) is 4.97. The first-order valence-electron chi connectivity index (χ1n) is 10.1. The fourth-order valence-electron chi connectivity index (χ4n) is 3.76. The molecule has 0 radical (unpaired) electrons. The molecule has 0 aliphatic carbocycles. The molecule has 164 valence electrons. The third-order valence-corrected chi connectivity index (χ3v) is 5.55. The van der Waals surface area contributed by atoms with Crippen LogP contribution in [0.25, 0.3) is 10.9 Å². The Morgan fingerprint density at radius 3 is 2.59 bits per heavy atom. The van der Waals surface area contributed by atoms with Crippen molar-refractivity contribution in [2.75, 3.05) is 6.54 Å². The number of hydrogen-bond acceptors (Lipinski definition) is 1. The number of H-pyrrole nitrogens is 1. The Morgan fingerprint density at radius 1 is 0.969 bits per heavy atom. The van der Waals surface area contributed by atoms with Gasteiger partial charge in [-0.15, -0.1) is 0 Å². The lowest BCUT2D eigenvalue weighted by Gasteiger charge is -2.13. The number of aromatic nitrogens is 1. The topological polar surface area (TPSA) is 44.9 Å². The lowest BCUT2D eigenvalue weighted by molar-refractivity contribution is -0.138. The van der Waals surface area contributed by atoms with Gasteiger partial charge in [0.2, 0.25) is 0 Å². The molecule has 0 saturated carbocycles. The number of carbonyl (C=O) groups excluding carboxylic acids is 1. The molecule has 1 amide bonds. The van der Waals surface area contributed by atoms with Gasteiger partial charge in [-0.05, 0) is 65.9 Å². The van der Waals surface area contributed by atoms with Gasteiger partial charge in [-0.1, -0.05) is 41.9 Å². The summed E-state index contributed by atoms with van der Waals surface area (Å²) in [5.74, 6) is -0.270. The minimum absolute atomic E-state index is 0.0902. The summed E-state index contributed by atoms with van der Waals surface area (Å²) in [6.07, 6.45) is -1.82. The van der Waals surface area contributed by atoms with Crippen LogP contribution in [0.15, 0.2) is 72.9 Å². The van der Waals surface area contributed by atoms with Crippen LogP contribution >= 0.6 is 11.6 Å². The molecule has 0 unspecified atom stereocenters. The van der Waals surface area contributed by atoms with Gasteiger partial charge in [0.1, 0.15) is 0 Å². The number of hydrogen-bond donors (Lipinski definition) is 2. The molecule has 1 heterocycles. The Labute approximate surface area is 188 Å². The quantitative estimate of drug-likeness (QED) is 0.346. The molecule has 0 aliphatic rings. The molecule has 0 aliphatic heterocycles. The fourth-order valence-corrected chi connectivity index (χ4v) is 3.94. The van der Waals surface area contributed by atoms with Gasteiger partial charge in [0.05, 0.1) is 5.56 Å². The van der Waals surface area contributed by atoms with E-state index in [-0.39, 0.29) is 17.9 Å². The molecule has 4 aromatic rings. The van der Waals surface area contributed by atoms with Crippen molar-refractivity contribution < 1.29 is 18.0 Å². The molecule has 0 atom stereocenters. The van der Waals surface area contributed by atoms with E-state index >= 15 is 0 Å². The Balaban J connectivity index is 1.42. The van der Waals surface area contributed by atoms with E-state index in [1.165, 1.54) is 12.1 Å². The monoisotopic (exact) mass is 456 g/mol. The average Bonchev–Trinajstić information content (AvgIpc) is 3.15. The fraction of sp³-hybridized carbons (Fsp3) is 0.160. The molecule has 0 saturated heterocycles. The van der Waals surface area contributed by atoms with Crippen molar-refractivity contribution in [3.8, 4) is 0 Å². The van der Waals surface area contributed by atoms with Crippen LogP contribution in [-0.4, -0.2) is 17.4 Å². The van der Waals surface area contributed by atoms with Crippen molar-refractivity contribution in [1.82, 2.24) is 10.3 Å². The molecule has 0 bridgehead atoms. The van der Waals surface area contributed by atoms with Gasteiger partial charge in [-0.3, -0.25) is 4.79 Å². The molecule has 0 fully saturated rings. The van der Waals surface area contributed by atoms with Gasteiger partial charge >= 0.3 is 6.18 Å². The summed E-state index contributed by atoms with van der Waals surface area (Å²) in [5, 5.41) is 4.53. The second-order valence-corrected chi connectivity index (χ2v) is 7.98. The molecule has 0 spiro atoms. The summed E-state index contributed by atoms with van der Waals surface area (Å²) >= 11 is 6.07. The Morgan fingerprint density at radius 2 is 1.78 bits per heavy atom. The summed E-state index contributed by atoms with van der Waals surface area (Å²) in [4.78, 5) is 15.8. The number of amides is 1. The highest BCUT2D eigenvalue weighted by Crippen LogP contribution is 2.33.